The smallest absolute Gasteiger partial charge is 0.309 e. The first-order valence-electron chi connectivity index (χ1n) is 6.71. The van der Waals surface area contributed by atoms with Gasteiger partial charge < -0.3 is 9.84 Å². The van der Waals surface area contributed by atoms with Gasteiger partial charge in [0.15, 0.2) is 0 Å². The minimum atomic E-state index is -0.457. The second-order valence-corrected chi connectivity index (χ2v) is 5.61. The number of carbonyl (C=O) groups is 1. The van der Waals surface area contributed by atoms with Gasteiger partial charge in [-0.15, -0.1) is 0 Å². The van der Waals surface area contributed by atoms with Crippen molar-refractivity contribution in [1.82, 2.24) is 0 Å². The molecule has 100 valence electrons. The molecule has 0 spiro atoms. The standard InChI is InChI=1S/C15H22O3/c1-9-5-4-6-10(2)13(16)8-12-11(3)15(17)18-14(12)7-9/h6-7,11-14,16H,4-5,8H2,1-3H3. The minimum Gasteiger partial charge on any atom is -0.458 e. The summed E-state index contributed by atoms with van der Waals surface area (Å²) in [5.41, 5.74) is 2.27. The van der Waals surface area contributed by atoms with Crippen LogP contribution in [-0.4, -0.2) is 23.3 Å². The maximum absolute atomic E-state index is 11.7. The number of fused-ring (bicyclic) bond motifs is 1. The summed E-state index contributed by atoms with van der Waals surface area (Å²) >= 11 is 0. The molecule has 1 heterocycles. The minimum absolute atomic E-state index is 0.0869. The SMILES string of the molecule is CC1=CC2OC(=O)C(C)C2CC(O)C(C)=CCC1. The molecule has 2 aliphatic rings. The van der Waals surface area contributed by atoms with Crippen LogP contribution in [0.15, 0.2) is 23.3 Å². The average Bonchev–Trinajstić information content (AvgIpc) is 2.56. The first-order chi connectivity index (χ1) is 8.49. The maximum atomic E-state index is 11.7. The molecule has 0 bridgehead atoms. The van der Waals surface area contributed by atoms with Gasteiger partial charge >= 0.3 is 5.97 Å². The van der Waals surface area contributed by atoms with E-state index in [1.54, 1.807) is 0 Å². The highest BCUT2D eigenvalue weighted by Gasteiger charge is 2.41. The number of hydrogen-bond acceptors (Lipinski definition) is 3. The Hall–Kier alpha value is -1.09. The third-order valence-corrected chi connectivity index (χ3v) is 4.16. The van der Waals surface area contributed by atoms with Gasteiger partial charge in [-0.1, -0.05) is 18.6 Å². The van der Waals surface area contributed by atoms with Gasteiger partial charge in [0, 0.05) is 5.92 Å². The zero-order valence-corrected chi connectivity index (χ0v) is 11.3. The molecule has 4 atom stereocenters. The van der Waals surface area contributed by atoms with Crippen LogP contribution in [0.1, 0.15) is 40.0 Å². The van der Waals surface area contributed by atoms with E-state index in [1.807, 2.05) is 13.8 Å². The van der Waals surface area contributed by atoms with Crippen molar-refractivity contribution >= 4 is 5.97 Å². The monoisotopic (exact) mass is 250 g/mol. The van der Waals surface area contributed by atoms with Crippen molar-refractivity contribution < 1.29 is 14.6 Å². The number of aliphatic hydroxyl groups excluding tert-OH is 1. The van der Waals surface area contributed by atoms with Crippen LogP contribution in [0.3, 0.4) is 0 Å². The number of carbonyl (C=O) groups excluding carboxylic acids is 1. The van der Waals surface area contributed by atoms with Crippen LogP contribution in [0.5, 0.6) is 0 Å². The fraction of sp³-hybridized carbons (Fsp3) is 0.667. The summed E-state index contributed by atoms with van der Waals surface area (Å²) in [6, 6.07) is 0. The molecule has 3 nitrogen and oxygen atoms in total. The summed E-state index contributed by atoms with van der Waals surface area (Å²) in [6.07, 6.45) is 6.04. The number of rotatable bonds is 0. The van der Waals surface area contributed by atoms with E-state index < -0.39 is 6.10 Å². The van der Waals surface area contributed by atoms with Gasteiger partial charge in [0.25, 0.3) is 0 Å². The summed E-state index contributed by atoms with van der Waals surface area (Å²) in [4.78, 5) is 11.7. The molecule has 0 aromatic rings. The lowest BCUT2D eigenvalue weighted by molar-refractivity contribution is -0.142. The van der Waals surface area contributed by atoms with E-state index in [9.17, 15) is 9.90 Å². The van der Waals surface area contributed by atoms with Crippen molar-refractivity contribution in [2.24, 2.45) is 11.8 Å². The zero-order chi connectivity index (χ0) is 13.3. The molecule has 4 unspecified atom stereocenters. The molecular weight excluding hydrogens is 228 g/mol. The molecule has 0 amide bonds. The topological polar surface area (TPSA) is 46.5 Å². The Balaban J connectivity index is 2.27. The molecule has 1 saturated heterocycles. The van der Waals surface area contributed by atoms with Crippen molar-refractivity contribution in [3.05, 3.63) is 23.3 Å². The lowest BCUT2D eigenvalue weighted by Gasteiger charge is -2.22. The molecule has 2 rings (SSSR count). The summed E-state index contributed by atoms with van der Waals surface area (Å²) in [6.45, 7) is 5.94. The zero-order valence-electron chi connectivity index (χ0n) is 11.3. The van der Waals surface area contributed by atoms with Crippen molar-refractivity contribution in [3.63, 3.8) is 0 Å². The van der Waals surface area contributed by atoms with Crippen LogP contribution >= 0.6 is 0 Å². The lowest BCUT2D eigenvalue weighted by Crippen LogP contribution is -2.25. The molecule has 3 heteroatoms. The van der Waals surface area contributed by atoms with Crippen LogP contribution in [0.4, 0.5) is 0 Å². The van der Waals surface area contributed by atoms with Gasteiger partial charge in [-0.25, -0.2) is 0 Å². The van der Waals surface area contributed by atoms with Gasteiger partial charge in [-0.3, -0.25) is 4.79 Å². The van der Waals surface area contributed by atoms with Crippen molar-refractivity contribution in [1.29, 1.82) is 0 Å². The quantitative estimate of drug-likeness (QED) is 0.531. The van der Waals surface area contributed by atoms with Crippen LogP contribution in [0.2, 0.25) is 0 Å². The highest BCUT2D eigenvalue weighted by atomic mass is 16.6. The van der Waals surface area contributed by atoms with Crippen molar-refractivity contribution in [2.45, 2.75) is 52.2 Å². The molecule has 1 aliphatic carbocycles. The van der Waals surface area contributed by atoms with Crippen LogP contribution in [0, 0.1) is 11.8 Å². The Morgan fingerprint density at radius 2 is 2.11 bits per heavy atom. The first kappa shape index (κ1) is 13.3. The molecule has 18 heavy (non-hydrogen) atoms. The molecule has 1 N–H and O–H groups in total. The molecule has 0 radical (unpaired) electrons. The Bertz CT molecular complexity index is 395. The van der Waals surface area contributed by atoms with Gasteiger partial charge in [-0.2, -0.15) is 0 Å². The predicted molar refractivity (Wildman–Crippen MR) is 69.9 cm³/mol. The highest BCUT2D eigenvalue weighted by Crippen LogP contribution is 2.35. The van der Waals surface area contributed by atoms with E-state index in [0.29, 0.717) is 6.42 Å². The van der Waals surface area contributed by atoms with Gasteiger partial charge in [0.2, 0.25) is 0 Å². The molecule has 0 aromatic heterocycles. The summed E-state index contributed by atoms with van der Waals surface area (Å²) in [7, 11) is 0. The average molecular weight is 250 g/mol. The Kier molecular flexibility index (Phi) is 3.91. The summed E-state index contributed by atoms with van der Waals surface area (Å²) < 4.78 is 5.42. The van der Waals surface area contributed by atoms with E-state index in [1.165, 1.54) is 5.57 Å². The Morgan fingerprint density at radius 3 is 2.83 bits per heavy atom. The van der Waals surface area contributed by atoms with Gasteiger partial charge in [0.1, 0.15) is 6.10 Å². The van der Waals surface area contributed by atoms with Crippen LogP contribution < -0.4 is 0 Å². The normalized spacial score (nSPS) is 37.4. The second-order valence-electron chi connectivity index (χ2n) is 5.61. The molecule has 0 saturated carbocycles. The number of ether oxygens (including phenoxy) is 1. The van der Waals surface area contributed by atoms with Crippen molar-refractivity contribution in [2.75, 3.05) is 0 Å². The molecule has 1 aliphatic heterocycles. The van der Waals surface area contributed by atoms with E-state index in [0.717, 1.165) is 18.4 Å². The number of aliphatic hydroxyl groups is 1. The highest BCUT2D eigenvalue weighted by molar-refractivity contribution is 5.75. The van der Waals surface area contributed by atoms with E-state index in [2.05, 4.69) is 19.1 Å². The summed E-state index contributed by atoms with van der Waals surface area (Å²) in [5.74, 6) is -0.174. The van der Waals surface area contributed by atoms with E-state index in [-0.39, 0.29) is 23.9 Å². The third-order valence-electron chi connectivity index (χ3n) is 4.16. The molecule has 0 aromatic carbocycles. The third kappa shape index (κ3) is 2.66. The fourth-order valence-corrected chi connectivity index (χ4v) is 2.76. The predicted octanol–water partition coefficient (Wildman–Crippen LogP) is 2.60. The largest absolute Gasteiger partial charge is 0.458 e. The fourth-order valence-electron chi connectivity index (χ4n) is 2.76. The summed E-state index contributed by atoms with van der Waals surface area (Å²) in [5, 5.41) is 10.2. The van der Waals surface area contributed by atoms with Crippen LogP contribution in [0.25, 0.3) is 0 Å². The first-order valence-corrected chi connectivity index (χ1v) is 6.71. The number of allylic oxidation sites excluding steroid dienone is 2. The van der Waals surface area contributed by atoms with E-state index in [4.69, 9.17) is 4.74 Å². The maximum Gasteiger partial charge on any atom is 0.309 e. The Morgan fingerprint density at radius 1 is 1.39 bits per heavy atom. The van der Waals surface area contributed by atoms with Gasteiger partial charge in [-0.05, 0) is 44.8 Å². The van der Waals surface area contributed by atoms with Crippen LogP contribution in [-0.2, 0) is 9.53 Å². The number of esters is 1. The van der Waals surface area contributed by atoms with Gasteiger partial charge in [0.05, 0.1) is 12.0 Å². The van der Waals surface area contributed by atoms with E-state index >= 15 is 0 Å². The second kappa shape index (κ2) is 5.27. The molecule has 1 fully saturated rings. The molecular formula is C15H22O3. The van der Waals surface area contributed by atoms with Crippen molar-refractivity contribution in [3.8, 4) is 0 Å². The lowest BCUT2D eigenvalue weighted by atomic mass is 9.83. The number of hydrogen-bond donors (Lipinski definition) is 1. The Labute approximate surface area is 109 Å².